The van der Waals surface area contributed by atoms with Crippen molar-refractivity contribution < 1.29 is 0 Å². The number of nitrogens with two attached hydrogens (primary N) is 1. The zero-order chi connectivity index (χ0) is 14.9. The van der Waals surface area contributed by atoms with Gasteiger partial charge >= 0.3 is 0 Å². The maximum atomic E-state index is 5.95. The molecule has 2 atom stereocenters. The molecule has 0 bridgehead atoms. The van der Waals surface area contributed by atoms with Crippen molar-refractivity contribution in [2.45, 2.75) is 18.4 Å². The van der Waals surface area contributed by atoms with Crippen molar-refractivity contribution in [3.8, 4) is 22.3 Å². The zero-order valence-corrected chi connectivity index (χ0v) is 13.7. The number of rotatable bonds is 3. The SMILES string of the molecule is Cl.N[C@@H]1C[C@H]1c1ccc(-c2ccccc2-c2ccccc2)cc1. The van der Waals surface area contributed by atoms with Crippen molar-refractivity contribution in [1.82, 2.24) is 0 Å². The van der Waals surface area contributed by atoms with Crippen LogP contribution < -0.4 is 5.73 Å². The molecule has 3 aromatic rings. The van der Waals surface area contributed by atoms with Gasteiger partial charge in [-0.2, -0.15) is 0 Å². The van der Waals surface area contributed by atoms with Gasteiger partial charge in [0.15, 0.2) is 0 Å². The monoisotopic (exact) mass is 321 g/mol. The van der Waals surface area contributed by atoms with Gasteiger partial charge in [-0.05, 0) is 34.2 Å². The van der Waals surface area contributed by atoms with E-state index in [1.165, 1.54) is 27.8 Å². The molecule has 23 heavy (non-hydrogen) atoms. The largest absolute Gasteiger partial charge is 0.327 e. The summed E-state index contributed by atoms with van der Waals surface area (Å²) in [5, 5.41) is 0. The Kier molecular flexibility index (Phi) is 4.51. The van der Waals surface area contributed by atoms with E-state index in [1.807, 2.05) is 0 Å². The average Bonchev–Trinajstić information content (AvgIpc) is 3.33. The van der Waals surface area contributed by atoms with Gasteiger partial charge < -0.3 is 5.73 Å². The van der Waals surface area contributed by atoms with Gasteiger partial charge in [0, 0.05) is 12.0 Å². The number of benzene rings is 3. The Morgan fingerprint density at radius 1 is 0.652 bits per heavy atom. The second kappa shape index (κ2) is 6.57. The first-order chi connectivity index (χ1) is 10.8. The Hall–Kier alpha value is -2.09. The minimum Gasteiger partial charge on any atom is -0.327 e. The number of hydrogen-bond donors (Lipinski definition) is 1. The van der Waals surface area contributed by atoms with Gasteiger partial charge in [0.25, 0.3) is 0 Å². The topological polar surface area (TPSA) is 26.0 Å². The highest BCUT2D eigenvalue weighted by molar-refractivity contribution is 5.85. The molecular formula is C21H20ClN. The summed E-state index contributed by atoms with van der Waals surface area (Å²) in [6.07, 6.45) is 1.12. The van der Waals surface area contributed by atoms with Gasteiger partial charge in [0.2, 0.25) is 0 Å². The highest BCUT2D eigenvalue weighted by atomic mass is 35.5. The van der Waals surface area contributed by atoms with E-state index in [1.54, 1.807) is 0 Å². The van der Waals surface area contributed by atoms with Crippen LogP contribution in [0.2, 0.25) is 0 Å². The maximum Gasteiger partial charge on any atom is 0.0115 e. The fourth-order valence-electron chi connectivity index (χ4n) is 3.11. The lowest BCUT2D eigenvalue weighted by Crippen LogP contribution is -2.00. The molecule has 1 saturated carbocycles. The van der Waals surface area contributed by atoms with E-state index < -0.39 is 0 Å². The molecular weight excluding hydrogens is 302 g/mol. The fourth-order valence-corrected chi connectivity index (χ4v) is 3.11. The molecule has 4 rings (SSSR count). The van der Waals surface area contributed by atoms with E-state index in [0.717, 1.165) is 6.42 Å². The predicted molar refractivity (Wildman–Crippen MR) is 99.9 cm³/mol. The Balaban J connectivity index is 0.00000156. The molecule has 0 heterocycles. The highest BCUT2D eigenvalue weighted by Crippen LogP contribution is 2.40. The lowest BCUT2D eigenvalue weighted by atomic mass is 9.94. The third-order valence-electron chi connectivity index (χ3n) is 4.50. The van der Waals surface area contributed by atoms with Crippen molar-refractivity contribution in [1.29, 1.82) is 0 Å². The zero-order valence-electron chi connectivity index (χ0n) is 12.9. The lowest BCUT2D eigenvalue weighted by molar-refractivity contribution is 0.991. The molecule has 3 aromatic carbocycles. The molecule has 0 aliphatic heterocycles. The van der Waals surface area contributed by atoms with E-state index in [9.17, 15) is 0 Å². The van der Waals surface area contributed by atoms with Gasteiger partial charge in [-0.3, -0.25) is 0 Å². The van der Waals surface area contributed by atoms with E-state index in [2.05, 4.69) is 78.9 Å². The average molecular weight is 322 g/mol. The van der Waals surface area contributed by atoms with E-state index in [4.69, 9.17) is 5.73 Å². The van der Waals surface area contributed by atoms with Gasteiger partial charge in [-0.1, -0.05) is 78.9 Å². The lowest BCUT2D eigenvalue weighted by Gasteiger charge is -2.11. The normalized spacial score (nSPS) is 19.0. The van der Waals surface area contributed by atoms with Crippen molar-refractivity contribution in [3.05, 3.63) is 84.4 Å². The second-order valence-electron chi connectivity index (χ2n) is 6.04. The Morgan fingerprint density at radius 2 is 1.13 bits per heavy atom. The standard InChI is InChI=1S/C21H19N.ClH/c22-21-14-20(21)17-12-10-16(11-13-17)19-9-5-4-8-18(19)15-6-2-1-3-7-15;/h1-13,20-21H,14,22H2;1H/t20-,21+;/m0./s1. The first-order valence-electron chi connectivity index (χ1n) is 7.83. The minimum absolute atomic E-state index is 0. The van der Waals surface area contributed by atoms with E-state index >= 15 is 0 Å². The summed E-state index contributed by atoms with van der Waals surface area (Å²) in [7, 11) is 0. The molecule has 2 N–H and O–H groups in total. The second-order valence-corrected chi connectivity index (χ2v) is 6.04. The molecule has 0 spiro atoms. The summed E-state index contributed by atoms with van der Waals surface area (Å²) in [6, 6.07) is 28.4. The molecule has 0 amide bonds. The van der Waals surface area contributed by atoms with Crippen molar-refractivity contribution >= 4 is 12.4 Å². The van der Waals surface area contributed by atoms with Crippen LogP contribution in [0.25, 0.3) is 22.3 Å². The van der Waals surface area contributed by atoms with Crippen LogP contribution in [0, 0.1) is 0 Å². The number of hydrogen-bond acceptors (Lipinski definition) is 1. The van der Waals surface area contributed by atoms with Crippen molar-refractivity contribution in [3.63, 3.8) is 0 Å². The van der Waals surface area contributed by atoms with Gasteiger partial charge in [-0.15, -0.1) is 12.4 Å². The summed E-state index contributed by atoms with van der Waals surface area (Å²) in [4.78, 5) is 0. The van der Waals surface area contributed by atoms with Crippen LogP contribution >= 0.6 is 12.4 Å². The first kappa shape index (κ1) is 15.8. The van der Waals surface area contributed by atoms with Crippen molar-refractivity contribution in [2.75, 3.05) is 0 Å². The van der Waals surface area contributed by atoms with Crippen LogP contribution in [0.3, 0.4) is 0 Å². The van der Waals surface area contributed by atoms with E-state index in [0.29, 0.717) is 12.0 Å². The third kappa shape index (κ3) is 3.17. The number of halogens is 1. The van der Waals surface area contributed by atoms with Crippen LogP contribution in [0.1, 0.15) is 17.9 Å². The van der Waals surface area contributed by atoms with Gasteiger partial charge in [0.1, 0.15) is 0 Å². The quantitative estimate of drug-likeness (QED) is 0.700. The van der Waals surface area contributed by atoms with Crippen LogP contribution in [0.15, 0.2) is 78.9 Å². The van der Waals surface area contributed by atoms with Crippen molar-refractivity contribution in [2.24, 2.45) is 5.73 Å². The summed E-state index contributed by atoms with van der Waals surface area (Å²) in [6.45, 7) is 0. The van der Waals surface area contributed by atoms with Gasteiger partial charge in [0.05, 0.1) is 0 Å². The summed E-state index contributed by atoms with van der Waals surface area (Å²) in [5.41, 5.74) is 12.4. The first-order valence-corrected chi connectivity index (χ1v) is 7.83. The Morgan fingerprint density at radius 3 is 1.65 bits per heavy atom. The fraction of sp³-hybridized carbons (Fsp3) is 0.143. The molecule has 0 radical (unpaired) electrons. The molecule has 1 nitrogen and oxygen atoms in total. The molecule has 2 heteroatoms. The Labute approximate surface area is 143 Å². The molecule has 0 unspecified atom stereocenters. The maximum absolute atomic E-state index is 5.95. The summed E-state index contributed by atoms with van der Waals surface area (Å²) < 4.78 is 0. The Bertz CT molecular complexity index is 780. The molecule has 0 aromatic heterocycles. The molecule has 1 fully saturated rings. The highest BCUT2D eigenvalue weighted by Gasteiger charge is 2.34. The van der Waals surface area contributed by atoms with Crippen LogP contribution in [-0.4, -0.2) is 6.04 Å². The van der Waals surface area contributed by atoms with E-state index in [-0.39, 0.29) is 12.4 Å². The smallest absolute Gasteiger partial charge is 0.0115 e. The van der Waals surface area contributed by atoms with Crippen LogP contribution in [0.4, 0.5) is 0 Å². The molecule has 0 saturated heterocycles. The summed E-state index contributed by atoms with van der Waals surface area (Å²) >= 11 is 0. The minimum atomic E-state index is 0. The predicted octanol–water partition coefficient (Wildman–Crippen LogP) is 5.26. The molecule has 116 valence electrons. The molecule has 1 aliphatic carbocycles. The third-order valence-corrected chi connectivity index (χ3v) is 4.50. The van der Waals surface area contributed by atoms with Gasteiger partial charge in [-0.25, -0.2) is 0 Å². The summed E-state index contributed by atoms with van der Waals surface area (Å²) in [5.74, 6) is 0.568. The molecule has 1 aliphatic rings. The van der Waals surface area contributed by atoms with Crippen LogP contribution in [0.5, 0.6) is 0 Å². The van der Waals surface area contributed by atoms with Crippen LogP contribution in [-0.2, 0) is 0 Å².